The van der Waals surface area contributed by atoms with E-state index in [0.717, 1.165) is 6.92 Å². The molecule has 2 N–H and O–H groups in total. The molecule has 0 radical (unpaired) electrons. The zero-order valence-corrected chi connectivity index (χ0v) is 7.92. The van der Waals surface area contributed by atoms with Crippen LogP contribution in [0.3, 0.4) is 0 Å². The van der Waals surface area contributed by atoms with Crippen molar-refractivity contribution in [2.75, 3.05) is 0 Å². The van der Waals surface area contributed by atoms with Gasteiger partial charge in [-0.15, -0.1) is 0 Å². The van der Waals surface area contributed by atoms with E-state index in [4.69, 9.17) is 10.3 Å². The van der Waals surface area contributed by atoms with E-state index in [2.05, 4.69) is 0 Å². The van der Waals surface area contributed by atoms with Crippen LogP contribution in [0.4, 0.5) is 17.6 Å². The highest BCUT2D eigenvalue weighted by Crippen LogP contribution is 2.37. The van der Waals surface area contributed by atoms with Gasteiger partial charge in [0.15, 0.2) is 11.5 Å². The maximum absolute atomic E-state index is 13.2. The highest BCUT2D eigenvalue weighted by atomic mass is 19.4. The summed E-state index contributed by atoms with van der Waals surface area (Å²) in [5.74, 6) is -3.82. The fraction of sp³-hybridized carbons (Fsp3) is 0.375. The van der Waals surface area contributed by atoms with Crippen LogP contribution in [0.25, 0.3) is 0 Å². The van der Waals surface area contributed by atoms with Gasteiger partial charge in [0.1, 0.15) is 0 Å². The van der Waals surface area contributed by atoms with Crippen molar-refractivity contribution >= 4 is 5.97 Å². The number of allylic oxidation sites excluding steroid dienone is 1. The number of aliphatic carboxylic acids is 1. The maximum atomic E-state index is 13.2. The van der Waals surface area contributed by atoms with Gasteiger partial charge in [0.25, 0.3) is 0 Å². The number of hydrogen-bond donors (Lipinski definition) is 2. The van der Waals surface area contributed by atoms with E-state index >= 15 is 0 Å². The number of rotatable bonds is 1. The lowest BCUT2D eigenvalue weighted by Gasteiger charge is -2.30. The summed E-state index contributed by atoms with van der Waals surface area (Å²) < 4.78 is 50.2. The smallest absolute Gasteiger partial charge is 0.436 e. The zero-order valence-electron chi connectivity index (χ0n) is 7.92. The molecule has 0 bridgehead atoms. The number of carboxylic acids is 1. The van der Waals surface area contributed by atoms with Crippen LogP contribution in [0.1, 0.15) is 6.92 Å². The summed E-state index contributed by atoms with van der Waals surface area (Å²) in [4.78, 5) is 10.5. The summed E-state index contributed by atoms with van der Waals surface area (Å²) >= 11 is 0. The van der Waals surface area contributed by atoms with Crippen LogP contribution in [0.2, 0.25) is 0 Å². The molecule has 0 spiro atoms. The molecule has 1 unspecified atom stereocenters. The average molecular weight is 241 g/mol. The SMILES string of the molecule is CC1C=C(C(=O)O)C(F)=C(C(F)(F)F)N1O. The summed E-state index contributed by atoms with van der Waals surface area (Å²) in [5.41, 5.74) is -3.11. The van der Waals surface area contributed by atoms with E-state index in [-0.39, 0.29) is 5.06 Å². The summed E-state index contributed by atoms with van der Waals surface area (Å²) in [6.07, 6.45) is -4.48. The lowest BCUT2D eigenvalue weighted by Crippen LogP contribution is -2.39. The molecule has 90 valence electrons. The molecule has 1 atom stereocenters. The van der Waals surface area contributed by atoms with Crippen LogP contribution in [0.15, 0.2) is 23.2 Å². The Balaban J connectivity index is 3.35. The lowest BCUT2D eigenvalue weighted by molar-refractivity contribution is -0.177. The van der Waals surface area contributed by atoms with Crippen LogP contribution in [-0.4, -0.2) is 33.6 Å². The monoisotopic (exact) mass is 241 g/mol. The van der Waals surface area contributed by atoms with E-state index in [1.54, 1.807) is 0 Å². The Bertz CT molecular complexity index is 385. The Morgan fingerprint density at radius 2 is 2.00 bits per heavy atom. The van der Waals surface area contributed by atoms with Crippen molar-refractivity contribution in [1.29, 1.82) is 0 Å². The summed E-state index contributed by atoms with van der Waals surface area (Å²) in [7, 11) is 0. The largest absolute Gasteiger partial charge is 0.478 e. The van der Waals surface area contributed by atoms with Gasteiger partial charge in [-0.25, -0.2) is 14.2 Å². The summed E-state index contributed by atoms with van der Waals surface area (Å²) in [5, 5.41) is 17.2. The number of hydroxylamine groups is 2. The molecule has 0 fully saturated rings. The van der Waals surface area contributed by atoms with Crippen molar-refractivity contribution in [3.8, 4) is 0 Å². The minimum atomic E-state index is -5.16. The molecule has 1 rings (SSSR count). The van der Waals surface area contributed by atoms with E-state index in [0.29, 0.717) is 6.08 Å². The number of hydrogen-bond acceptors (Lipinski definition) is 3. The highest BCUT2D eigenvalue weighted by Gasteiger charge is 2.45. The van der Waals surface area contributed by atoms with Gasteiger partial charge < -0.3 is 5.11 Å². The predicted octanol–water partition coefficient (Wildman–Crippen LogP) is 1.83. The van der Waals surface area contributed by atoms with Gasteiger partial charge in [0.2, 0.25) is 0 Å². The Labute approximate surface area is 87.0 Å². The van der Waals surface area contributed by atoms with Crippen LogP contribution in [-0.2, 0) is 4.79 Å². The molecule has 1 aliphatic heterocycles. The van der Waals surface area contributed by atoms with Gasteiger partial charge in [-0.1, -0.05) is 0 Å². The van der Waals surface area contributed by atoms with Gasteiger partial charge in [-0.05, 0) is 13.0 Å². The van der Waals surface area contributed by atoms with Gasteiger partial charge >= 0.3 is 12.1 Å². The summed E-state index contributed by atoms with van der Waals surface area (Å²) in [6.45, 7) is 1.10. The third-order valence-corrected chi connectivity index (χ3v) is 1.97. The van der Waals surface area contributed by atoms with Crippen LogP contribution >= 0.6 is 0 Å². The molecule has 0 aromatic rings. The molecule has 4 nitrogen and oxygen atoms in total. The first kappa shape index (κ1) is 12.5. The van der Waals surface area contributed by atoms with E-state index in [9.17, 15) is 22.4 Å². The van der Waals surface area contributed by atoms with Crippen LogP contribution in [0, 0.1) is 0 Å². The second kappa shape index (κ2) is 3.78. The minimum absolute atomic E-state index is 0.345. The maximum Gasteiger partial charge on any atom is 0.436 e. The third kappa shape index (κ3) is 2.01. The van der Waals surface area contributed by atoms with Gasteiger partial charge in [-0.3, -0.25) is 5.21 Å². The van der Waals surface area contributed by atoms with E-state index < -0.39 is 35.3 Å². The molecule has 0 saturated heterocycles. The van der Waals surface area contributed by atoms with Crippen molar-refractivity contribution in [3.63, 3.8) is 0 Å². The predicted molar refractivity (Wildman–Crippen MR) is 43.0 cm³/mol. The van der Waals surface area contributed by atoms with Crippen molar-refractivity contribution < 1.29 is 32.7 Å². The third-order valence-electron chi connectivity index (χ3n) is 1.97. The molecule has 0 saturated carbocycles. The first-order valence-electron chi connectivity index (χ1n) is 4.06. The standard InChI is InChI=1S/C8H7F4NO3/c1-3-2-4(7(14)15)5(9)6(13(3)16)8(10,11)12/h2-3,16H,1H3,(H,14,15). The Morgan fingerprint density at radius 1 is 1.50 bits per heavy atom. The van der Waals surface area contributed by atoms with E-state index in [1.165, 1.54) is 0 Å². The minimum Gasteiger partial charge on any atom is -0.478 e. The van der Waals surface area contributed by atoms with Gasteiger partial charge in [-0.2, -0.15) is 13.2 Å². The fourth-order valence-corrected chi connectivity index (χ4v) is 1.24. The van der Waals surface area contributed by atoms with Crippen LogP contribution < -0.4 is 0 Å². The topological polar surface area (TPSA) is 60.8 Å². The zero-order chi connectivity index (χ0) is 12.7. The average Bonchev–Trinajstić information content (AvgIpc) is 2.08. The number of alkyl halides is 3. The molecule has 0 aromatic heterocycles. The Kier molecular flexibility index (Phi) is 2.95. The quantitative estimate of drug-likeness (QED) is 0.687. The summed E-state index contributed by atoms with van der Waals surface area (Å²) in [6, 6.07) is -1.28. The number of carbonyl (C=O) groups is 1. The Hall–Kier alpha value is -1.57. The second-order valence-corrected chi connectivity index (χ2v) is 3.13. The van der Waals surface area contributed by atoms with Crippen molar-refractivity contribution in [1.82, 2.24) is 5.06 Å². The van der Waals surface area contributed by atoms with E-state index in [1.807, 2.05) is 0 Å². The molecular formula is C8H7F4NO3. The van der Waals surface area contributed by atoms with Crippen molar-refractivity contribution in [2.24, 2.45) is 0 Å². The van der Waals surface area contributed by atoms with Gasteiger partial charge in [0, 0.05) is 0 Å². The molecular weight excluding hydrogens is 234 g/mol. The normalized spacial score (nSPS) is 22.2. The van der Waals surface area contributed by atoms with Crippen molar-refractivity contribution in [3.05, 3.63) is 23.2 Å². The second-order valence-electron chi connectivity index (χ2n) is 3.13. The lowest BCUT2D eigenvalue weighted by atomic mass is 10.1. The number of halogens is 4. The first-order valence-corrected chi connectivity index (χ1v) is 4.06. The highest BCUT2D eigenvalue weighted by molar-refractivity contribution is 5.91. The molecule has 1 heterocycles. The molecule has 8 heteroatoms. The fourth-order valence-electron chi connectivity index (χ4n) is 1.24. The van der Waals surface area contributed by atoms with Gasteiger partial charge in [0.05, 0.1) is 11.6 Å². The first-order chi connectivity index (χ1) is 7.16. The molecule has 0 amide bonds. The Morgan fingerprint density at radius 3 is 2.38 bits per heavy atom. The number of carboxylic acid groups (broad SMARTS) is 1. The molecule has 0 aliphatic carbocycles. The molecule has 0 aromatic carbocycles. The molecule has 16 heavy (non-hydrogen) atoms. The van der Waals surface area contributed by atoms with Crippen molar-refractivity contribution in [2.45, 2.75) is 19.1 Å². The number of nitrogens with zero attached hydrogens (tertiary/aromatic N) is 1. The molecule has 1 aliphatic rings. The van der Waals surface area contributed by atoms with Crippen LogP contribution in [0.5, 0.6) is 0 Å².